The minimum atomic E-state index is -3.67. The summed E-state index contributed by atoms with van der Waals surface area (Å²) < 4.78 is 40.5. The molecule has 1 saturated carbocycles. The highest BCUT2D eigenvalue weighted by atomic mass is 32.2. The van der Waals surface area contributed by atoms with Crippen molar-refractivity contribution >= 4 is 10.0 Å². The standard InChI is InChI=1S/C13H19FN2O2S/c1-9-5-6-11(7-12(9)14)19(17,18)16-13-4-2-3-10(13)8-15/h5-7,10,13,16H,2-4,8,15H2,1H3/t10-,13-/m1/s1. The van der Waals surface area contributed by atoms with Crippen molar-refractivity contribution in [2.45, 2.75) is 37.1 Å². The lowest BCUT2D eigenvalue weighted by Gasteiger charge is -2.19. The normalized spacial score (nSPS) is 23.7. The van der Waals surface area contributed by atoms with Crippen LogP contribution in [-0.4, -0.2) is 21.0 Å². The molecule has 106 valence electrons. The zero-order valence-corrected chi connectivity index (χ0v) is 11.7. The number of aryl methyl sites for hydroxylation is 1. The van der Waals surface area contributed by atoms with E-state index in [1.165, 1.54) is 12.1 Å². The smallest absolute Gasteiger partial charge is 0.240 e. The Morgan fingerprint density at radius 2 is 2.16 bits per heavy atom. The lowest BCUT2D eigenvalue weighted by Crippen LogP contribution is -2.39. The monoisotopic (exact) mass is 286 g/mol. The van der Waals surface area contributed by atoms with Gasteiger partial charge < -0.3 is 5.73 Å². The Kier molecular flexibility index (Phi) is 4.23. The van der Waals surface area contributed by atoms with Crippen molar-refractivity contribution in [1.82, 2.24) is 4.72 Å². The summed E-state index contributed by atoms with van der Waals surface area (Å²) in [5, 5.41) is 0. The number of nitrogens with two attached hydrogens (primary N) is 1. The maximum atomic E-state index is 13.5. The number of rotatable bonds is 4. The number of hydrogen-bond donors (Lipinski definition) is 2. The van der Waals surface area contributed by atoms with Crippen LogP contribution in [-0.2, 0) is 10.0 Å². The summed E-state index contributed by atoms with van der Waals surface area (Å²) in [6, 6.07) is 3.82. The molecule has 0 bridgehead atoms. The van der Waals surface area contributed by atoms with Gasteiger partial charge in [-0.1, -0.05) is 12.5 Å². The zero-order valence-electron chi connectivity index (χ0n) is 10.9. The molecule has 0 aliphatic heterocycles. The molecule has 1 aliphatic carbocycles. The number of sulfonamides is 1. The number of hydrogen-bond acceptors (Lipinski definition) is 3. The Hall–Kier alpha value is -0.980. The summed E-state index contributed by atoms with van der Waals surface area (Å²) in [4.78, 5) is -0.0294. The van der Waals surface area contributed by atoms with E-state index in [0.29, 0.717) is 12.1 Å². The molecule has 0 radical (unpaired) electrons. The molecule has 1 aliphatic rings. The van der Waals surface area contributed by atoms with Crippen molar-refractivity contribution in [2.75, 3.05) is 6.54 Å². The van der Waals surface area contributed by atoms with Crippen LogP contribution in [0, 0.1) is 18.7 Å². The zero-order chi connectivity index (χ0) is 14.0. The molecule has 0 spiro atoms. The van der Waals surface area contributed by atoms with E-state index in [1.807, 2.05) is 0 Å². The van der Waals surface area contributed by atoms with Gasteiger partial charge in [0.25, 0.3) is 0 Å². The lowest BCUT2D eigenvalue weighted by molar-refractivity contribution is 0.452. The first-order chi connectivity index (χ1) is 8.94. The van der Waals surface area contributed by atoms with E-state index in [2.05, 4.69) is 4.72 Å². The Balaban J connectivity index is 2.20. The SMILES string of the molecule is Cc1ccc(S(=O)(=O)N[C@@H]2CCC[C@@H]2CN)cc1F. The summed E-state index contributed by atoms with van der Waals surface area (Å²) in [6.45, 7) is 2.07. The molecular formula is C13H19FN2O2S. The molecule has 1 aromatic rings. The first-order valence-electron chi connectivity index (χ1n) is 6.42. The predicted molar refractivity (Wildman–Crippen MR) is 71.6 cm³/mol. The van der Waals surface area contributed by atoms with Gasteiger partial charge in [0.2, 0.25) is 10.0 Å². The molecule has 4 nitrogen and oxygen atoms in total. The van der Waals surface area contributed by atoms with Crippen LogP contribution in [0.3, 0.4) is 0 Å². The molecule has 6 heteroatoms. The largest absolute Gasteiger partial charge is 0.330 e. The van der Waals surface area contributed by atoms with Crippen LogP contribution >= 0.6 is 0 Å². The van der Waals surface area contributed by atoms with Gasteiger partial charge in [-0.3, -0.25) is 0 Å². The second-order valence-corrected chi connectivity index (χ2v) is 6.78. The fourth-order valence-electron chi connectivity index (χ4n) is 2.48. The van der Waals surface area contributed by atoms with Crippen molar-refractivity contribution in [3.63, 3.8) is 0 Å². The summed E-state index contributed by atoms with van der Waals surface area (Å²) in [7, 11) is -3.67. The van der Waals surface area contributed by atoms with Crippen LogP contribution in [0.25, 0.3) is 0 Å². The van der Waals surface area contributed by atoms with E-state index < -0.39 is 15.8 Å². The lowest BCUT2D eigenvalue weighted by atomic mass is 10.1. The van der Waals surface area contributed by atoms with Gasteiger partial charge in [0, 0.05) is 6.04 Å². The van der Waals surface area contributed by atoms with Gasteiger partial charge in [-0.25, -0.2) is 17.5 Å². The maximum absolute atomic E-state index is 13.5. The third-order valence-electron chi connectivity index (χ3n) is 3.72. The number of halogens is 1. The molecule has 0 unspecified atom stereocenters. The Morgan fingerprint density at radius 1 is 1.42 bits per heavy atom. The first kappa shape index (κ1) is 14.4. The average Bonchev–Trinajstić information content (AvgIpc) is 2.79. The van der Waals surface area contributed by atoms with E-state index in [9.17, 15) is 12.8 Å². The van der Waals surface area contributed by atoms with Crippen LogP contribution in [0.1, 0.15) is 24.8 Å². The summed E-state index contributed by atoms with van der Waals surface area (Å²) >= 11 is 0. The average molecular weight is 286 g/mol. The Morgan fingerprint density at radius 3 is 2.79 bits per heavy atom. The molecule has 2 rings (SSSR count). The van der Waals surface area contributed by atoms with Gasteiger partial charge in [-0.15, -0.1) is 0 Å². The van der Waals surface area contributed by atoms with Gasteiger partial charge in [0.05, 0.1) is 4.90 Å². The van der Waals surface area contributed by atoms with E-state index in [4.69, 9.17) is 5.73 Å². The van der Waals surface area contributed by atoms with Crippen LogP contribution in [0.5, 0.6) is 0 Å². The van der Waals surface area contributed by atoms with E-state index in [-0.39, 0.29) is 16.9 Å². The van der Waals surface area contributed by atoms with Crippen LogP contribution in [0.4, 0.5) is 4.39 Å². The predicted octanol–water partition coefficient (Wildman–Crippen LogP) is 1.54. The van der Waals surface area contributed by atoms with Gasteiger partial charge in [-0.2, -0.15) is 0 Å². The van der Waals surface area contributed by atoms with Crippen LogP contribution in [0.15, 0.2) is 23.1 Å². The van der Waals surface area contributed by atoms with Crippen molar-refractivity contribution < 1.29 is 12.8 Å². The fourth-order valence-corrected chi connectivity index (χ4v) is 3.83. The minimum absolute atomic E-state index is 0.0294. The highest BCUT2D eigenvalue weighted by Gasteiger charge is 2.30. The van der Waals surface area contributed by atoms with Gasteiger partial charge in [-0.05, 0) is 49.9 Å². The van der Waals surface area contributed by atoms with Crippen molar-refractivity contribution in [2.24, 2.45) is 11.7 Å². The highest BCUT2D eigenvalue weighted by Crippen LogP contribution is 2.26. The second kappa shape index (κ2) is 5.56. The second-order valence-electron chi connectivity index (χ2n) is 5.07. The maximum Gasteiger partial charge on any atom is 0.240 e. The molecule has 3 N–H and O–H groups in total. The van der Waals surface area contributed by atoms with E-state index in [1.54, 1.807) is 6.92 Å². The molecule has 0 aromatic heterocycles. The summed E-state index contributed by atoms with van der Waals surface area (Å²) in [6.07, 6.45) is 2.69. The molecule has 19 heavy (non-hydrogen) atoms. The van der Waals surface area contributed by atoms with Gasteiger partial charge in [0.1, 0.15) is 5.82 Å². The molecule has 0 saturated heterocycles. The topological polar surface area (TPSA) is 72.2 Å². The molecular weight excluding hydrogens is 267 g/mol. The molecule has 2 atom stereocenters. The van der Waals surface area contributed by atoms with Crippen LogP contribution in [0.2, 0.25) is 0 Å². The number of nitrogens with one attached hydrogen (secondary N) is 1. The molecule has 1 fully saturated rings. The third-order valence-corrected chi connectivity index (χ3v) is 5.21. The summed E-state index contributed by atoms with van der Waals surface area (Å²) in [5.41, 5.74) is 6.06. The van der Waals surface area contributed by atoms with Gasteiger partial charge >= 0.3 is 0 Å². The fraction of sp³-hybridized carbons (Fsp3) is 0.538. The first-order valence-corrected chi connectivity index (χ1v) is 7.91. The van der Waals surface area contributed by atoms with Gasteiger partial charge in [0.15, 0.2) is 0 Å². The Labute approximate surface area is 113 Å². The number of benzene rings is 1. The van der Waals surface area contributed by atoms with Crippen molar-refractivity contribution in [3.05, 3.63) is 29.6 Å². The molecule has 0 heterocycles. The Bertz CT molecular complexity index is 560. The molecule has 1 aromatic carbocycles. The minimum Gasteiger partial charge on any atom is -0.330 e. The van der Waals surface area contributed by atoms with Crippen LogP contribution < -0.4 is 10.5 Å². The highest BCUT2D eigenvalue weighted by molar-refractivity contribution is 7.89. The van der Waals surface area contributed by atoms with Crippen molar-refractivity contribution in [3.8, 4) is 0 Å². The summed E-state index contributed by atoms with van der Waals surface area (Å²) in [5.74, 6) is -0.338. The quantitative estimate of drug-likeness (QED) is 0.882. The molecule has 0 amide bonds. The van der Waals surface area contributed by atoms with E-state index >= 15 is 0 Å². The van der Waals surface area contributed by atoms with Crippen molar-refractivity contribution in [1.29, 1.82) is 0 Å². The van der Waals surface area contributed by atoms with E-state index in [0.717, 1.165) is 25.3 Å². The third kappa shape index (κ3) is 3.13.